The molecular formula is C9H10BrN2+. The number of aromatic nitrogens is 1. The number of hydrogen-bond acceptors (Lipinski definition) is 1. The first-order valence-electron chi connectivity index (χ1n) is 3.60. The summed E-state index contributed by atoms with van der Waals surface area (Å²) >= 11 is 3.18. The third-order valence-electron chi connectivity index (χ3n) is 1.29. The van der Waals surface area contributed by atoms with Crippen molar-refractivity contribution < 1.29 is 5.32 Å². The number of pyridine rings is 1. The van der Waals surface area contributed by atoms with E-state index < -0.39 is 0 Å². The van der Waals surface area contributed by atoms with Crippen LogP contribution in [-0.4, -0.2) is 4.98 Å². The molecule has 62 valence electrons. The van der Waals surface area contributed by atoms with Crippen LogP contribution in [0.5, 0.6) is 0 Å². The molecule has 0 fully saturated rings. The Morgan fingerprint density at radius 1 is 1.25 bits per heavy atom. The summed E-state index contributed by atoms with van der Waals surface area (Å²) in [6.45, 7) is 0. The minimum Gasteiger partial charge on any atom is -0.288 e. The zero-order valence-electron chi connectivity index (χ0n) is 6.52. The highest BCUT2D eigenvalue weighted by Crippen LogP contribution is 1.92. The molecule has 1 rings (SSSR count). The molecule has 1 aromatic heterocycles. The molecule has 2 N–H and O–H groups in total. The normalized spacial score (nSPS) is 11.4. The van der Waals surface area contributed by atoms with E-state index in [2.05, 4.69) is 20.9 Å². The van der Waals surface area contributed by atoms with E-state index in [9.17, 15) is 0 Å². The van der Waals surface area contributed by atoms with E-state index in [1.165, 1.54) is 0 Å². The van der Waals surface area contributed by atoms with E-state index in [1.54, 1.807) is 12.4 Å². The van der Waals surface area contributed by atoms with Crippen molar-refractivity contribution in [3.8, 4) is 0 Å². The van der Waals surface area contributed by atoms with Gasteiger partial charge in [0, 0.05) is 24.5 Å². The molecule has 0 atom stereocenters. The van der Waals surface area contributed by atoms with Crippen molar-refractivity contribution in [1.82, 2.24) is 4.98 Å². The first kappa shape index (κ1) is 9.16. The molecule has 0 bridgehead atoms. The van der Waals surface area contributed by atoms with E-state index in [0.29, 0.717) is 0 Å². The van der Waals surface area contributed by atoms with E-state index in [1.807, 2.05) is 40.8 Å². The lowest BCUT2D eigenvalue weighted by Crippen LogP contribution is -2.70. The Labute approximate surface area is 80.1 Å². The summed E-state index contributed by atoms with van der Waals surface area (Å²) in [6, 6.07) is 3.92. The molecule has 0 radical (unpaired) electrons. The van der Waals surface area contributed by atoms with Gasteiger partial charge in [-0.25, -0.2) is 0 Å². The molecule has 2 nitrogen and oxygen atoms in total. The zero-order valence-corrected chi connectivity index (χ0v) is 8.11. The second-order valence-electron chi connectivity index (χ2n) is 2.15. The second-order valence-corrected chi connectivity index (χ2v) is 2.68. The molecule has 1 aromatic rings. The Kier molecular flexibility index (Phi) is 4.34. The summed E-state index contributed by atoms with van der Waals surface area (Å²) < 4.78 is 0. The highest BCUT2D eigenvalue weighted by Gasteiger charge is 1.87. The molecule has 0 spiro atoms. The van der Waals surface area contributed by atoms with Gasteiger partial charge >= 0.3 is 0 Å². The highest BCUT2D eigenvalue weighted by atomic mass is 79.9. The molecule has 0 unspecified atom stereocenters. The van der Waals surface area contributed by atoms with Crippen molar-refractivity contribution in [2.24, 2.45) is 0 Å². The molecule has 0 saturated carbocycles. The molecule has 0 aliphatic rings. The molecular weight excluding hydrogens is 216 g/mol. The fourth-order valence-corrected chi connectivity index (χ4v) is 0.924. The van der Waals surface area contributed by atoms with Crippen LogP contribution >= 0.6 is 15.9 Å². The minimum atomic E-state index is 1.16. The van der Waals surface area contributed by atoms with Crippen molar-refractivity contribution in [1.29, 1.82) is 0 Å². The maximum atomic E-state index is 3.92. The molecule has 12 heavy (non-hydrogen) atoms. The number of nitrogens with two attached hydrogens (primary N) is 1. The van der Waals surface area contributed by atoms with Gasteiger partial charge in [0.25, 0.3) is 0 Å². The Balaban J connectivity index is 2.43. The van der Waals surface area contributed by atoms with Crippen LogP contribution in [0.25, 0.3) is 0 Å². The standard InChI is InChI=1S/C9H9BrN2/c10-5-1-2-6-12-9-3-7-11-8-4-9/h1-8H,(H,11,12)/p+1/b5-1-,6-2-. The van der Waals surface area contributed by atoms with Gasteiger partial charge in [0.1, 0.15) is 5.69 Å². The lowest BCUT2D eigenvalue weighted by molar-refractivity contribution is -0.496. The summed E-state index contributed by atoms with van der Waals surface area (Å²) in [7, 11) is 0. The fourth-order valence-electron chi connectivity index (χ4n) is 0.747. The first-order valence-corrected chi connectivity index (χ1v) is 4.52. The average molecular weight is 226 g/mol. The van der Waals surface area contributed by atoms with Gasteiger partial charge < -0.3 is 0 Å². The Morgan fingerprint density at radius 2 is 2.00 bits per heavy atom. The monoisotopic (exact) mass is 225 g/mol. The van der Waals surface area contributed by atoms with Crippen molar-refractivity contribution >= 4 is 21.6 Å². The molecule has 0 aromatic carbocycles. The molecule has 1 heterocycles. The predicted octanol–water partition coefficient (Wildman–Crippen LogP) is 1.70. The lowest BCUT2D eigenvalue weighted by Gasteiger charge is -1.90. The predicted molar refractivity (Wildman–Crippen MR) is 53.0 cm³/mol. The Hall–Kier alpha value is -0.930. The van der Waals surface area contributed by atoms with E-state index in [4.69, 9.17) is 0 Å². The van der Waals surface area contributed by atoms with Crippen LogP contribution in [0.4, 0.5) is 5.69 Å². The number of halogens is 1. The third kappa shape index (κ3) is 3.46. The molecule has 0 aliphatic heterocycles. The van der Waals surface area contributed by atoms with Crippen LogP contribution in [0.2, 0.25) is 0 Å². The topological polar surface area (TPSA) is 29.5 Å². The molecule has 0 aliphatic carbocycles. The number of quaternary nitrogens is 1. The smallest absolute Gasteiger partial charge is 0.137 e. The summed E-state index contributed by atoms with van der Waals surface area (Å²) in [4.78, 5) is 5.73. The average Bonchev–Trinajstić information content (AvgIpc) is 2.14. The van der Waals surface area contributed by atoms with Crippen LogP contribution in [0.1, 0.15) is 0 Å². The molecule has 0 saturated heterocycles. The van der Waals surface area contributed by atoms with Crippen LogP contribution < -0.4 is 5.32 Å². The second kappa shape index (κ2) is 5.69. The number of allylic oxidation sites excluding steroid dienone is 2. The van der Waals surface area contributed by atoms with Crippen LogP contribution in [0.15, 0.2) is 47.9 Å². The van der Waals surface area contributed by atoms with Gasteiger partial charge in [-0.3, -0.25) is 10.3 Å². The summed E-state index contributed by atoms with van der Waals surface area (Å²) in [5.74, 6) is 0. The summed E-state index contributed by atoms with van der Waals surface area (Å²) in [5, 5.41) is 2.02. The van der Waals surface area contributed by atoms with Gasteiger partial charge in [-0.05, 0) is 11.1 Å². The fraction of sp³-hybridized carbons (Fsp3) is 0. The van der Waals surface area contributed by atoms with Gasteiger partial charge in [0.2, 0.25) is 0 Å². The van der Waals surface area contributed by atoms with Crippen LogP contribution in [-0.2, 0) is 0 Å². The van der Waals surface area contributed by atoms with Gasteiger partial charge in [0.15, 0.2) is 0 Å². The van der Waals surface area contributed by atoms with Crippen LogP contribution in [0, 0.1) is 0 Å². The summed E-state index contributed by atoms with van der Waals surface area (Å²) in [6.07, 6.45) is 9.40. The van der Waals surface area contributed by atoms with Gasteiger partial charge in [-0.15, -0.1) is 0 Å². The Morgan fingerprint density at radius 3 is 2.67 bits per heavy atom. The van der Waals surface area contributed by atoms with Crippen molar-refractivity contribution in [2.75, 3.05) is 0 Å². The van der Waals surface area contributed by atoms with Crippen molar-refractivity contribution in [3.63, 3.8) is 0 Å². The molecule has 0 amide bonds. The Bertz CT molecular complexity index is 267. The highest BCUT2D eigenvalue weighted by molar-refractivity contribution is 9.11. The third-order valence-corrected chi connectivity index (χ3v) is 1.59. The minimum absolute atomic E-state index is 1.16. The lowest BCUT2D eigenvalue weighted by atomic mass is 10.4. The van der Waals surface area contributed by atoms with Gasteiger partial charge in [0.05, 0.1) is 6.20 Å². The van der Waals surface area contributed by atoms with Crippen LogP contribution in [0.3, 0.4) is 0 Å². The van der Waals surface area contributed by atoms with E-state index in [-0.39, 0.29) is 0 Å². The van der Waals surface area contributed by atoms with E-state index >= 15 is 0 Å². The largest absolute Gasteiger partial charge is 0.288 e. The quantitative estimate of drug-likeness (QED) is 0.781. The van der Waals surface area contributed by atoms with Crippen molar-refractivity contribution in [2.45, 2.75) is 0 Å². The maximum Gasteiger partial charge on any atom is 0.137 e. The number of nitrogens with zero attached hydrogens (tertiary/aromatic N) is 1. The van der Waals surface area contributed by atoms with Crippen molar-refractivity contribution in [3.05, 3.63) is 47.9 Å². The van der Waals surface area contributed by atoms with Gasteiger partial charge in [-0.2, -0.15) is 0 Å². The SMILES string of the molecule is Br/C=C\C=C/[NH2+]c1ccncc1. The summed E-state index contributed by atoms with van der Waals surface area (Å²) in [5.41, 5.74) is 1.16. The van der Waals surface area contributed by atoms with E-state index in [0.717, 1.165) is 5.69 Å². The maximum absolute atomic E-state index is 3.92. The molecule has 3 heteroatoms. The number of rotatable bonds is 3. The zero-order chi connectivity index (χ0) is 8.65. The first-order chi connectivity index (χ1) is 5.93. The van der Waals surface area contributed by atoms with Gasteiger partial charge in [-0.1, -0.05) is 22.0 Å². The number of hydrogen-bond donors (Lipinski definition) is 1.